The fraction of sp³-hybridized carbons (Fsp3) is 0.0909. The van der Waals surface area contributed by atoms with Gasteiger partial charge in [0.2, 0.25) is 0 Å². The number of benzene rings is 3. The molecule has 0 saturated carbocycles. The summed E-state index contributed by atoms with van der Waals surface area (Å²) in [6.07, 6.45) is 4.12. The third-order valence-electron chi connectivity index (χ3n) is 4.22. The summed E-state index contributed by atoms with van der Waals surface area (Å²) < 4.78 is 14.1. The van der Waals surface area contributed by atoms with E-state index in [0.29, 0.717) is 0 Å². The van der Waals surface area contributed by atoms with E-state index in [0.717, 1.165) is 16.2 Å². The second-order valence-corrected chi connectivity index (χ2v) is 9.00. The molecule has 1 atom stereocenters. The monoisotopic (exact) mass is 332 g/mol. The fourth-order valence-electron chi connectivity index (χ4n) is 2.85. The van der Waals surface area contributed by atoms with Crippen LogP contribution in [0.15, 0.2) is 97.1 Å². The first kappa shape index (κ1) is 16.5. The Bertz CT molecular complexity index is 795. The first-order valence-electron chi connectivity index (χ1n) is 8.15. The van der Waals surface area contributed by atoms with Crippen LogP contribution < -0.4 is 10.6 Å². The maximum Gasteiger partial charge on any atom is 0.149 e. The van der Waals surface area contributed by atoms with Crippen molar-refractivity contribution in [2.45, 2.75) is 12.6 Å². The lowest BCUT2D eigenvalue weighted by molar-refractivity contribution is 0.584. The van der Waals surface area contributed by atoms with Crippen LogP contribution in [0.25, 0.3) is 6.08 Å². The number of allylic oxidation sites excluding steroid dienone is 1. The largest absolute Gasteiger partial charge is 0.313 e. The molecule has 3 aromatic carbocycles. The molecule has 1 nitrogen and oxygen atoms in total. The molecule has 3 aromatic rings. The SMILES string of the molecule is CC(/C=C/c1ccccc1)P(=O)(c1ccccc1)c1ccccc1. The number of rotatable bonds is 5. The van der Waals surface area contributed by atoms with Crippen molar-refractivity contribution in [2.24, 2.45) is 0 Å². The summed E-state index contributed by atoms with van der Waals surface area (Å²) in [7, 11) is -2.74. The molecule has 0 spiro atoms. The van der Waals surface area contributed by atoms with Gasteiger partial charge in [0.15, 0.2) is 0 Å². The average molecular weight is 332 g/mol. The quantitative estimate of drug-likeness (QED) is 0.594. The van der Waals surface area contributed by atoms with Gasteiger partial charge in [0.25, 0.3) is 0 Å². The standard InChI is InChI=1S/C22H21OP/c1-19(17-18-20-11-5-2-6-12-20)24(23,21-13-7-3-8-14-21)22-15-9-4-10-16-22/h2-19H,1H3/b18-17+. The maximum atomic E-state index is 14.1. The predicted molar refractivity (Wildman–Crippen MR) is 105 cm³/mol. The Balaban J connectivity index is 2.02. The molecule has 3 rings (SSSR count). The molecule has 0 saturated heterocycles. The maximum absolute atomic E-state index is 14.1. The molecular weight excluding hydrogens is 311 g/mol. The van der Waals surface area contributed by atoms with Crippen LogP contribution in [0.3, 0.4) is 0 Å². The van der Waals surface area contributed by atoms with Gasteiger partial charge in [0, 0.05) is 16.3 Å². The average Bonchev–Trinajstić information content (AvgIpc) is 2.67. The highest BCUT2D eigenvalue weighted by atomic mass is 31.2. The van der Waals surface area contributed by atoms with Crippen LogP contribution in [0.5, 0.6) is 0 Å². The molecule has 0 N–H and O–H groups in total. The molecule has 120 valence electrons. The minimum atomic E-state index is -2.74. The van der Waals surface area contributed by atoms with Crippen LogP contribution in [0, 0.1) is 0 Å². The van der Waals surface area contributed by atoms with Gasteiger partial charge in [-0.2, -0.15) is 0 Å². The zero-order chi connectivity index (χ0) is 16.8. The Morgan fingerprint density at radius 1 is 0.708 bits per heavy atom. The summed E-state index contributed by atoms with van der Waals surface area (Å²) in [4.78, 5) is 0. The lowest BCUT2D eigenvalue weighted by atomic mass is 10.2. The van der Waals surface area contributed by atoms with E-state index in [1.165, 1.54) is 0 Å². The van der Waals surface area contributed by atoms with Crippen molar-refractivity contribution in [3.8, 4) is 0 Å². The van der Waals surface area contributed by atoms with Crippen molar-refractivity contribution in [1.82, 2.24) is 0 Å². The van der Waals surface area contributed by atoms with E-state index in [1.54, 1.807) is 0 Å². The zero-order valence-corrected chi connectivity index (χ0v) is 14.6. The van der Waals surface area contributed by atoms with Crippen LogP contribution in [-0.4, -0.2) is 5.66 Å². The Morgan fingerprint density at radius 2 is 1.12 bits per heavy atom. The van der Waals surface area contributed by atoms with Gasteiger partial charge >= 0.3 is 0 Å². The molecule has 1 unspecified atom stereocenters. The second kappa shape index (κ2) is 7.47. The van der Waals surface area contributed by atoms with Crippen molar-refractivity contribution in [3.63, 3.8) is 0 Å². The first-order chi connectivity index (χ1) is 11.7. The van der Waals surface area contributed by atoms with Crippen molar-refractivity contribution < 1.29 is 4.57 Å². The Hall–Kier alpha value is -2.37. The van der Waals surface area contributed by atoms with Crippen molar-refractivity contribution in [1.29, 1.82) is 0 Å². The first-order valence-corrected chi connectivity index (χ1v) is 9.93. The lowest BCUT2D eigenvalue weighted by Gasteiger charge is -2.24. The summed E-state index contributed by atoms with van der Waals surface area (Å²) in [5.74, 6) is 0. The third kappa shape index (κ3) is 3.42. The smallest absolute Gasteiger partial charge is 0.149 e. The molecule has 0 bridgehead atoms. The van der Waals surface area contributed by atoms with E-state index >= 15 is 0 Å². The summed E-state index contributed by atoms with van der Waals surface area (Å²) in [5, 5.41) is 1.81. The van der Waals surface area contributed by atoms with Crippen LogP contribution >= 0.6 is 7.14 Å². The molecule has 0 aliphatic carbocycles. The molecule has 24 heavy (non-hydrogen) atoms. The van der Waals surface area contributed by atoms with Gasteiger partial charge in [-0.05, 0) is 5.56 Å². The van der Waals surface area contributed by atoms with Crippen molar-refractivity contribution in [2.75, 3.05) is 0 Å². The highest BCUT2D eigenvalue weighted by Crippen LogP contribution is 2.49. The van der Waals surface area contributed by atoms with Gasteiger partial charge in [-0.1, -0.05) is 110 Å². The van der Waals surface area contributed by atoms with Gasteiger partial charge in [-0.15, -0.1) is 0 Å². The fourth-order valence-corrected chi connectivity index (χ4v) is 5.65. The molecule has 0 aliphatic heterocycles. The minimum Gasteiger partial charge on any atom is -0.313 e. The van der Waals surface area contributed by atoms with Gasteiger partial charge in [0.1, 0.15) is 7.14 Å². The number of hydrogen-bond acceptors (Lipinski definition) is 1. The minimum absolute atomic E-state index is 0.0810. The topological polar surface area (TPSA) is 17.1 Å². The van der Waals surface area contributed by atoms with Crippen LogP contribution in [-0.2, 0) is 4.57 Å². The normalized spacial score (nSPS) is 13.0. The molecular formula is C22H21OP. The summed E-state index contributed by atoms with van der Waals surface area (Å²) >= 11 is 0. The van der Waals surface area contributed by atoms with Crippen LogP contribution in [0.1, 0.15) is 12.5 Å². The number of hydrogen-bond donors (Lipinski definition) is 0. The second-order valence-electron chi connectivity index (χ2n) is 5.84. The molecule has 0 aromatic heterocycles. The van der Waals surface area contributed by atoms with E-state index in [9.17, 15) is 4.57 Å². The van der Waals surface area contributed by atoms with Gasteiger partial charge in [-0.25, -0.2) is 0 Å². The predicted octanol–water partition coefficient (Wildman–Crippen LogP) is 5.10. The summed E-state index contributed by atoms with van der Waals surface area (Å²) in [5.41, 5.74) is 1.04. The third-order valence-corrected chi connectivity index (χ3v) is 7.67. The van der Waals surface area contributed by atoms with Crippen molar-refractivity contribution >= 4 is 23.8 Å². The van der Waals surface area contributed by atoms with E-state index < -0.39 is 7.14 Å². The zero-order valence-electron chi connectivity index (χ0n) is 13.7. The summed E-state index contributed by atoms with van der Waals surface area (Å²) in [6, 6.07) is 29.8. The van der Waals surface area contributed by atoms with Crippen LogP contribution in [0.2, 0.25) is 0 Å². The van der Waals surface area contributed by atoms with E-state index in [2.05, 4.69) is 24.3 Å². The Kier molecular flexibility index (Phi) is 5.13. The van der Waals surface area contributed by atoms with E-state index in [-0.39, 0.29) is 5.66 Å². The lowest BCUT2D eigenvalue weighted by Crippen LogP contribution is -2.22. The molecule has 0 heterocycles. The Morgan fingerprint density at radius 3 is 1.58 bits per heavy atom. The highest BCUT2D eigenvalue weighted by molar-refractivity contribution is 7.79. The summed E-state index contributed by atoms with van der Waals surface area (Å²) in [6.45, 7) is 2.04. The van der Waals surface area contributed by atoms with E-state index in [1.807, 2.05) is 85.8 Å². The van der Waals surface area contributed by atoms with Gasteiger partial charge in [-0.3, -0.25) is 0 Å². The molecule has 0 aliphatic rings. The molecule has 0 radical (unpaired) electrons. The van der Waals surface area contributed by atoms with Crippen LogP contribution in [0.4, 0.5) is 0 Å². The molecule has 0 amide bonds. The highest BCUT2D eigenvalue weighted by Gasteiger charge is 2.31. The van der Waals surface area contributed by atoms with E-state index in [4.69, 9.17) is 0 Å². The Labute approximate surface area is 144 Å². The van der Waals surface area contributed by atoms with Gasteiger partial charge in [0.05, 0.1) is 0 Å². The molecule has 0 fully saturated rings. The van der Waals surface area contributed by atoms with Crippen molar-refractivity contribution in [3.05, 3.63) is 103 Å². The van der Waals surface area contributed by atoms with Gasteiger partial charge < -0.3 is 4.57 Å². The molecule has 2 heteroatoms.